The molecule has 1 atom stereocenters. The molecule has 0 aliphatic carbocycles. The molecule has 0 saturated carbocycles. The summed E-state index contributed by atoms with van der Waals surface area (Å²) in [5.41, 5.74) is 0.697. The fraction of sp³-hybridized carbons (Fsp3) is 0.467. The van der Waals surface area contributed by atoms with E-state index in [0.29, 0.717) is 35.3 Å². The molecule has 0 saturated heterocycles. The Morgan fingerprint density at radius 1 is 1.17 bits per heavy atom. The lowest BCUT2D eigenvalue weighted by molar-refractivity contribution is 0.238. The highest BCUT2D eigenvalue weighted by molar-refractivity contribution is 5.53. The van der Waals surface area contributed by atoms with Gasteiger partial charge >= 0.3 is 0 Å². The zero-order valence-corrected chi connectivity index (χ0v) is 11.1. The summed E-state index contributed by atoms with van der Waals surface area (Å²) in [7, 11) is 0. The molecule has 0 fully saturated rings. The summed E-state index contributed by atoms with van der Waals surface area (Å²) < 4.78 is 5.66. The van der Waals surface area contributed by atoms with Gasteiger partial charge in [0.1, 0.15) is 23.5 Å². The van der Waals surface area contributed by atoms with Gasteiger partial charge in [0.25, 0.3) is 0 Å². The number of hydrogen-bond donors (Lipinski definition) is 0. The topological polar surface area (TPSA) is 56.8 Å². The van der Waals surface area contributed by atoms with Crippen LogP contribution in [-0.4, -0.2) is 6.61 Å². The third-order valence-corrected chi connectivity index (χ3v) is 2.66. The van der Waals surface area contributed by atoms with Crippen LogP contribution < -0.4 is 4.74 Å². The Bertz CT molecular complexity index is 480. The van der Waals surface area contributed by atoms with Crippen LogP contribution in [0.1, 0.15) is 38.3 Å². The standard InChI is InChI=1S/C15H18N2O/c1-11(2)7-12(3)10-18-15-6-4-5-13(8-16)14(15)9-17/h4-6,11-12H,7,10H2,1-3H3. The maximum absolute atomic E-state index is 9.06. The monoisotopic (exact) mass is 242 g/mol. The molecule has 0 radical (unpaired) electrons. The zero-order valence-electron chi connectivity index (χ0n) is 11.1. The van der Waals surface area contributed by atoms with Gasteiger partial charge in [-0.3, -0.25) is 0 Å². The number of hydrogen-bond acceptors (Lipinski definition) is 3. The van der Waals surface area contributed by atoms with Gasteiger partial charge in [-0.15, -0.1) is 0 Å². The Labute approximate surface area is 109 Å². The van der Waals surface area contributed by atoms with E-state index in [4.69, 9.17) is 15.3 Å². The second-order valence-electron chi connectivity index (χ2n) is 4.95. The highest BCUT2D eigenvalue weighted by Gasteiger charge is 2.11. The molecule has 1 rings (SSSR count). The van der Waals surface area contributed by atoms with Crippen molar-refractivity contribution in [1.82, 2.24) is 0 Å². The number of nitriles is 2. The van der Waals surface area contributed by atoms with Crippen LogP contribution in [0.25, 0.3) is 0 Å². The second-order valence-corrected chi connectivity index (χ2v) is 4.95. The Morgan fingerprint density at radius 2 is 1.89 bits per heavy atom. The largest absolute Gasteiger partial charge is 0.492 e. The van der Waals surface area contributed by atoms with Crippen LogP contribution in [0.4, 0.5) is 0 Å². The second kappa shape index (κ2) is 6.67. The molecule has 1 aromatic rings. The summed E-state index contributed by atoms with van der Waals surface area (Å²) in [6.07, 6.45) is 1.08. The first-order valence-electron chi connectivity index (χ1n) is 6.14. The smallest absolute Gasteiger partial charge is 0.138 e. The van der Waals surface area contributed by atoms with E-state index in [-0.39, 0.29) is 0 Å². The molecule has 1 unspecified atom stereocenters. The first kappa shape index (κ1) is 14.1. The number of ether oxygens (including phenoxy) is 1. The van der Waals surface area contributed by atoms with Crippen molar-refractivity contribution >= 4 is 0 Å². The summed E-state index contributed by atoms with van der Waals surface area (Å²) in [4.78, 5) is 0. The summed E-state index contributed by atoms with van der Waals surface area (Å²) in [6, 6.07) is 9.14. The van der Waals surface area contributed by atoms with E-state index >= 15 is 0 Å². The van der Waals surface area contributed by atoms with Crippen LogP contribution in [0.5, 0.6) is 5.75 Å². The Kier molecular flexibility index (Phi) is 5.21. The van der Waals surface area contributed by atoms with Gasteiger partial charge < -0.3 is 4.74 Å². The first-order chi connectivity index (χ1) is 8.58. The van der Waals surface area contributed by atoms with Gasteiger partial charge in [0.2, 0.25) is 0 Å². The van der Waals surface area contributed by atoms with Crippen molar-refractivity contribution < 1.29 is 4.74 Å². The molecule has 0 aromatic heterocycles. The molecule has 94 valence electrons. The van der Waals surface area contributed by atoms with Gasteiger partial charge in [0.15, 0.2) is 0 Å². The molecule has 3 nitrogen and oxygen atoms in total. The van der Waals surface area contributed by atoms with Crippen LogP contribution in [0.3, 0.4) is 0 Å². The van der Waals surface area contributed by atoms with Gasteiger partial charge in [-0.2, -0.15) is 10.5 Å². The molecule has 3 heteroatoms. The van der Waals surface area contributed by atoms with E-state index in [1.54, 1.807) is 18.2 Å². The van der Waals surface area contributed by atoms with Crippen LogP contribution >= 0.6 is 0 Å². The lowest BCUT2D eigenvalue weighted by atomic mass is 10.00. The molecule has 0 N–H and O–H groups in total. The van der Waals surface area contributed by atoms with E-state index < -0.39 is 0 Å². The van der Waals surface area contributed by atoms with Gasteiger partial charge in [-0.05, 0) is 30.4 Å². The average molecular weight is 242 g/mol. The predicted octanol–water partition coefficient (Wildman–Crippen LogP) is 3.49. The van der Waals surface area contributed by atoms with Gasteiger partial charge in [-0.1, -0.05) is 26.8 Å². The molecule has 0 amide bonds. The van der Waals surface area contributed by atoms with Crippen molar-refractivity contribution in [3.05, 3.63) is 29.3 Å². The Balaban J connectivity index is 2.75. The molecular formula is C15H18N2O. The molecule has 18 heavy (non-hydrogen) atoms. The van der Waals surface area contributed by atoms with Crippen LogP contribution in [0, 0.1) is 34.5 Å². The lowest BCUT2D eigenvalue weighted by Crippen LogP contribution is -2.11. The molecule has 0 spiro atoms. The molecule has 1 aromatic carbocycles. The molecule has 0 heterocycles. The normalized spacial score (nSPS) is 11.7. The fourth-order valence-electron chi connectivity index (χ4n) is 1.96. The van der Waals surface area contributed by atoms with E-state index in [2.05, 4.69) is 20.8 Å². The molecule has 0 bridgehead atoms. The van der Waals surface area contributed by atoms with Crippen LogP contribution in [-0.2, 0) is 0 Å². The molecule has 0 aliphatic rings. The Hall–Kier alpha value is -2.00. The number of rotatable bonds is 5. The first-order valence-corrected chi connectivity index (χ1v) is 6.14. The van der Waals surface area contributed by atoms with Crippen molar-refractivity contribution in [3.8, 4) is 17.9 Å². The number of benzene rings is 1. The predicted molar refractivity (Wildman–Crippen MR) is 70.0 cm³/mol. The van der Waals surface area contributed by atoms with Crippen LogP contribution in [0.2, 0.25) is 0 Å². The minimum absolute atomic E-state index is 0.330. The fourth-order valence-corrected chi connectivity index (χ4v) is 1.96. The highest BCUT2D eigenvalue weighted by atomic mass is 16.5. The van der Waals surface area contributed by atoms with Gasteiger partial charge in [-0.25, -0.2) is 0 Å². The van der Waals surface area contributed by atoms with Crippen molar-refractivity contribution in [2.75, 3.05) is 6.61 Å². The maximum atomic E-state index is 9.06. The Morgan fingerprint density at radius 3 is 2.44 bits per heavy atom. The van der Waals surface area contributed by atoms with Crippen LogP contribution in [0.15, 0.2) is 18.2 Å². The average Bonchev–Trinajstić information content (AvgIpc) is 2.34. The van der Waals surface area contributed by atoms with E-state index in [9.17, 15) is 0 Å². The van der Waals surface area contributed by atoms with E-state index in [0.717, 1.165) is 6.42 Å². The van der Waals surface area contributed by atoms with E-state index in [1.807, 2.05) is 12.1 Å². The molecular weight excluding hydrogens is 224 g/mol. The SMILES string of the molecule is CC(C)CC(C)COc1cccc(C#N)c1C#N. The molecule has 0 aliphatic heterocycles. The summed E-state index contributed by atoms with van der Waals surface area (Å²) >= 11 is 0. The third-order valence-electron chi connectivity index (χ3n) is 2.66. The third kappa shape index (κ3) is 3.79. The van der Waals surface area contributed by atoms with Crippen molar-refractivity contribution in [2.45, 2.75) is 27.2 Å². The summed E-state index contributed by atoms with van der Waals surface area (Å²) in [6.45, 7) is 7.04. The van der Waals surface area contributed by atoms with Gasteiger partial charge in [0.05, 0.1) is 12.2 Å². The zero-order chi connectivity index (χ0) is 13.5. The van der Waals surface area contributed by atoms with E-state index in [1.165, 1.54) is 0 Å². The quantitative estimate of drug-likeness (QED) is 0.794. The highest BCUT2D eigenvalue weighted by Crippen LogP contribution is 2.22. The summed E-state index contributed by atoms with van der Waals surface area (Å²) in [5.74, 6) is 1.57. The van der Waals surface area contributed by atoms with Crippen molar-refractivity contribution in [1.29, 1.82) is 10.5 Å². The van der Waals surface area contributed by atoms with Gasteiger partial charge in [0, 0.05) is 0 Å². The lowest BCUT2D eigenvalue weighted by Gasteiger charge is -2.15. The minimum atomic E-state index is 0.330. The summed E-state index contributed by atoms with van der Waals surface area (Å²) in [5, 5.41) is 18.0. The number of nitrogens with zero attached hydrogens (tertiary/aromatic N) is 2. The minimum Gasteiger partial charge on any atom is -0.492 e. The maximum Gasteiger partial charge on any atom is 0.138 e. The van der Waals surface area contributed by atoms with Crippen molar-refractivity contribution in [2.24, 2.45) is 11.8 Å². The van der Waals surface area contributed by atoms with Crippen molar-refractivity contribution in [3.63, 3.8) is 0 Å².